The molecular formula is C14H23N5O. The molecule has 0 saturated carbocycles. The quantitative estimate of drug-likeness (QED) is 0.871. The van der Waals surface area contributed by atoms with Crippen molar-refractivity contribution in [3.8, 4) is 0 Å². The summed E-state index contributed by atoms with van der Waals surface area (Å²) in [5.74, 6) is 3.01. The highest BCUT2D eigenvalue weighted by Crippen LogP contribution is 2.26. The molecule has 1 aromatic rings. The summed E-state index contributed by atoms with van der Waals surface area (Å²) in [6, 6.07) is 0. The maximum absolute atomic E-state index is 11.5. The molecule has 0 aromatic carbocycles. The Morgan fingerprint density at radius 1 is 1.30 bits per heavy atom. The van der Waals surface area contributed by atoms with Gasteiger partial charge in [0.25, 0.3) is 0 Å². The van der Waals surface area contributed by atoms with Gasteiger partial charge < -0.3 is 15.5 Å². The van der Waals surface area contributed by atoms with Crippen molar-refractivity contribution >= 4 is 17.5 Å². The Hall–Kier alpha value is -1.85. The van der Waals surface area contributed by atoms with Gasteiger partial charge in [-0.3, -0.25) is 4.79 Å². The molecule has 6 heteroatoms. The summed E-state index contributed by atoms with van der Waals surface area (Å²) in [5, 5.41) is 6.02. The summed E-state index contributed by atoms with van der Waals surface area (Å²) in [6.07, 6.45) is 0.509. The van der Waals surface area contributed by atoms with Crippen molar-refractivity contribution in [2.45, 2.75) is 33.1 Å². The molecular weight excluding hydrogens is 254 g/mol. The molecule has 0 atom stereocenters. The third kappa shape index (κ3) is 3.00. The summed E-state index contributed by atoms with van der Waals surface area (Å²) in [5.41, 5.74) is 1.03. The molecule has 1 aromatic heterocycles. The van der Waals surface area contributed by atoms with E-state index in [1.807, 2.05) is 14.0 Å². The second-order valence-electron chi connectivity index (χ2n) is 5.37. The minimum absolute atomic E-state index is 0.108. The molecule has 0 radical (unpaired) electrons. The first-order valence-electron chi connectivity index (χ1n) is 7.11. The predicted octanol–water partition coefficient (Wildman–Crippen LogP) is 1.28. The van der Waals surface area contributed by atoms with Gasteiger partial charge in [0.05, 0.1) is 0 Å². The molecule has 1 amide bonds. The average molecular weight is 277 g/mol. The van der Waals surface area contributed by atoms with Crippen LogP contribution in [0.15, 0.2) is 0 Å². The highest BCUT2D eigenvalue weighted by Gasteiger charge is 2.20. The summed E-state index contributed by atoms with van der Waals surface area (Å²) >= 11 is 0. The van der Waals surface area contributed by atoms with Crippen molar-refractivity contribution in [1.82, 2.24) is 15.3 Å². The van der Waals surface area contributed by atoms with Crippen LogP contribution in [0, 0.1) is 6.92 Å². The fourth-order valence-electron chi connectivity index (χ4n) is 2.31. The van der Waals surface area contributed by atoms with E-state index >= 15 is 0 Å². The van der Waals surface area contributed by atoms with E-state index in [2.05, 4.69) is 34.4 Å². The van der Waals surface area contributed by atoms with Gasteiger partial charge in [0.2, 0.25) is 5.91 Å². The molecule has 0 aliphatic carbocycles. The van der Waals surface area contributed by atoms with Crippen LogP contribution in [0.4, 0.5) is 11.6 Å². The number of carbonyl (C=O) groups is 1. The van der Waals surface area contributed by atoms with E-state index in [1.54, 1.807) is 0 Å². The van der Waals surface area contributed by atoms with Gasteiger partial charge in [0.1, 0.15) is 17.5 Å². The maximum Gasteiger partial charge on any atom is 0.221 e. The highest BCUT2D eigenvalue weighted by atomic mass is 16.1. The molecule has 0 unspecified atom stereocenters. The minimum Gasteiger partial charge on any atom is -0.373 e. The average Bonchev–Trinajstić information content (AvgIpc) is 2.63. The molecule has 2 heterocycles. The van der Waals surface area contributed by atoms with Gasteiger partial charge in [-0.15, -0.1) is 0 Å². The molecule has 1 aliphatic heterocycles. The number of hydrogen-bond donors (Lipinski definition) is 2. The number of aromatic nitrogens is 2. The van der Waals surface area contributed by atoms with Gasteiger partial charge in [-0.2, -0.15) is 0 Å². The van der Waals surface area contributed by atoms with E-state index in [0.29, 0.717) is 19.5 Å². The summed E-state index contributed by atoms with van der Waals surface area (Å²) in [4.78, 5) is 22.9. The first kappa shape index (κ1) is 14.6. The molecule has 20 heavy (non-hydrogen) atoms. The molecule has 6 nitrogen and oxygen atoms in total. The Labute approximate surface area is 120 Å². The van der Waals surface area contributed by atoms with Crippen LogP contribution >= 0.6 is 0 Å². The van der Waals surface area contributed by atoms with Crippen LogP contribution in [0.5, 0.6) is 0 Å². The van der Waals surface area contributed by atoms with Crippen molar-refractivity contribution in [3.05, 3.63) is 11.4 Å². The Kier molecular flexibility index (Phi) is 4.42. The van der Waals surface area contributed by atoms with Gasteiger partial charge >= 0.3 is 0 Å². The number of carbonyl (C=O) groups excluding carboxylic acids is 1. The third-order valence-corrected chi connectivity index (χ3v) is 3.50. The van der Waals surface area contributed by atoms with Gasteiger partial charge in [-0.05, 0) is 6.92 Å². The summed E-state index contributed by atoms with van der Waals surface area (Å²) in [7, 11) is 1.87. The third-order valence-electron chi connectivity index (χ3n) is 3.50. The molecule has 1 fully saturated rings. The zero-order valence-electron chi connectivity index (χ0n) is 12.7. The van der Waals surface area contributed by atoms with Gasteiger partial charge in [0, 0.05) is 44.6 Å². The van der Waals surface area contributed by atoms with E-state index in [0.717, 1.165) is 29.6 Å². The monoisotopic (exact) mass is 277 g/mol. The predicted molar refractivity (Wildman–Crippen MR) is 80.2 cm³/mol. The lowest BCUT2D eigenvalue weighted by atomic mass is 10.2. The van der Waals surface area contributed by atoms with Crippen LogP contribution in [-0.2, 0) is 4.79 Å². The number of rotatable bonds is 3. The molecule has 0 bridgehead atoms. The lowest BCUT2D eigenvalue weighted by Crippen LogP contribution is -2.30. The summed E-state index contributed by atoms with van der Waals surface area (Å²) in [6.45, 7) is 8.33. The van der Waals surface area contributed by atoms with Crippen LogP contribution < -0.4 is 15.5 Å². The normalized spacial score (nSPS) is 16.1. The van der Waals surface area contributed by atoms with Gasteiger partial charge in [-0.1, -0.05) is 13.8 Å². The maximum atomic E-state index is 11.5. The molecule has 2 N–H and O–H groups in total. The van der Waals surface area contributed by atoms with E-state index in [1.165, 1.54) is 0 Å². The van der Waals surface area contributed by atoms with Crippen LogP contribution in [0.1, 0.15) is 37.6 Å². The second kappa shape index (κ2) is 6.07. The fraction of sp³-hybridized carbons (Fsp3) is 0.643. The number of nitrogens with one attached hydrogen (secondary N) is 2. The SMILES string of the molecule is CNc1nc(C(C)C)nc(N2CCNC(=O)CC2)c1C. The smallest absolute Gasteiger partial charge is 0.221 e. The van der Waals surface area contributed by atoms with Gasteiger partial charge in [-0.25, -0.2) is 9.97 Å². The second-order valence-corrected chi connectivity index (χ2v) is 5.37. The Bertz CT molecular complexity index is 501. The van der Waals surface area contributed by atoms with Crippen molar-refractivity contribution < 1.29 is 4.79 Å². The lowest BCUT2D eigenvalue weighted by Gasteiger charge is -2.24. The van der Waals surface area contributed by atoms with Gasteiger partial charge in [0.15, 0.2) is 0 Å². The zero-order chi connectivity index (χ0) is 14.7. The minimum atomic E-state index is 0.108. The first-order valence-corrected chi connectivity index (χ1v) is 7.11. The number of anilines is 2. The molecule has 1 saturated heterocycles. The molecule has 0 spiro atoms. The number of amides is 1. The van der Waals surface area contributed by atoms with Crippen LogP contribution in [0.3, 0.4) is 0 Å². The van der Waals surface area contributed by atoms with E-state index in [-0.39, 0.29) is 11.8 Å². The van der Waals surface area contributed by atoms with Crippen molar-refractivity contribution in [1.29, 1.82) is 0 Å². The highest BCUT2D eigenvalue weighted by molar-refractivity contribution is 5.77. The van der Waals surface area contributed by atoms with Crippen LogP contribution in [-0.4, -0.2) is 42.6 Å². The van der Waals surface area contributed by atoms with E-state index < -0.39 is 0 Å². The Morgan fingerprint density at radius 3 is 2.70 bits per heavy atom. The largest absolute Gasteiger partial charge is 0.373 e. The topological polar surface area (TPSA) is 70.2 Å². The summed E-state index contributed by atoms with van der Waals surface area (Å²) < 4.78 is 0. The Balaban J connectivity index is 2.38. The van der Waals surface area contributed by atoms with Crippen LogP contribution in [0.25, 0.3) is 0 Å². The van der Waals surface area contributed by atoms with Crippen molar-refractivity contribution in [2.75, 3.05) is 36.9 Å². The van der Waals surface area contributed by atoms with E-state index in [9.17, 15) is 4.79 Å². The lowest BCUT2D eigenvalue weighted by molar-refractivity contribution is -0.120. The Morgan fingerprint density at radius 2 is 2.05 bits per heavy atom. The van der Waals surface area contributed by atoms with E-state index in [4.69, 9.17) is 4.98 Å². The number of hydrogen-bond acceptors (Lipinski definition) is 5. The zero-order valence-corrected chi connectivity index (χ0v) is 12.7. The van der Waals surface area contributed by atoms with Crippen molar-refractivity contribution in [2.24, 2.45) is 0 Å². The number of nitrogens with zero attached hydrogens (tertiary/aromatic N) is 3. The standard InChI is InChI=1S/C14H23N5O/c1-9(2)12-17-13(15-4)10(3)14(18-12)19-7-5-11(20)16-6-8-19/h9H,5-8H2,1-4H3,(H,16,20)(H,15,17,18). The molecule has 110 valence electrons. The first-order chi connectivity index (χ1) is 9.52. The molecule has 2 rings (SSSR count). The molecule has 1 aliphatic rings. The fourth-order valence-corrected chi connectivity index (χ4v) is 2.31. The van der Waals surface area contributed by atoms with Crippen molar-refractivity contribution in [3.63, 3.8) is 0 Å². The van der Waals surface area contributed by atoms with Crippen LogP contribution in [0.2, 0.25) is 0 Å².